The Morgan fingerprint density at radius 2 is 2.30 bits per heavy atom. The Morgan fingerprint density at radius 1 is 1.50 bits per heavy atom. The predicted octanol–water partition coefficient (Wildman–Crippen LogP) is 1.36. The molecule has 0 saturated carbocycles. The minimum absolute atomic E-state index is 0.0178. The number of likely N-dealkylation sites (tertiary alicyclic amines) is 1. The second-order valence-corrected chi connectivity index (χ2v) is 4.69. The summed E-state index contributed by atoms with van der Waals surface area (Å²) >= 11 is 0. The third-order valence-corrected chi connectivity index (χ3v) is 3.41. The molecule has 0 amide bonds. The molecule has 110 valence electrons. The minimum atomic E-state index is -0.463. The van der Waals surface area contributed by atoms with Crippen LogP contribution in [-0.2, 0) is 0 Å². The zero-order valence-electron chi connectivity index (χ0n) is 11.4. The van der Waals surface area contributed by atoms with Gasteiger partial charge in [-0.3, -0.25) is 15.0 Å². The van der Waals surface area contributed by atoms with Crippen molar-refractivity contribution >= 4 is 5.69 Å². The van der Waals surface area contributed by atoms with E-state index in [2.05, 4.69) is 4.90 Å². The number of nitro benzene ring substituents is 1. The first-order chi connectivity index (χ1) is 9.61. The van der Waals surface area contributed by atoms with E-state index in [1.54, 1.807) is 6.07 Å². The number of benzene rings is 1. The summed E-state index contributed by atoms with van der Waals surface area (Å²) in [5.41, 5.74) is 5.92. The molecule has 0 radical (unpaired) electrons. The molecule has 1 atom stereocenters. The van der Waals surface area contributed by atoms with Crippen LogP contribution in [0.25, 0.3) is 0 Å². The molecule has 7 heteroatoms. The Kier molecular flexibility index (Phi) is 4.75. The second-order valence-electron chi connectivity index (χ2n) is 4.69. The van der Waals surface area contributed by atoms with Gasteiger partial charge in [-0.25, -0.2) is 0 Å². The second kappa shape index (κ2) is 6.53. The molecule has 0 spiro atoms. The van der Waals surface area contributed by atoms with Crippen molar-refractivity contribution in [3.8, 4) is 11.5 Å². The molecule has 2 rings (SSSR count). The van der Waals surface area contributed by atoms with Crippen LogP contribution in [0, 0.1) is 10.1 Å². The highest BCUT2D eigenvalue weighted by Gasteiger charge is 2.20. The van der Waals surface area contributed by atoms with Crippen molar-refractivity contribution in [2.24, 2.45) is 5.73 Å². The standard InChI is InChI=1S/C13H19N3O4/c1-19-12-9-10(16(17)18)4-5-11(12)20-8-7-15-6-2-3-13(15)14/h4-5,9,13H,2-3,6-8,14H2,1H3. The van der Waals surface area contributed by atoms with Crippen molar-refractivity contribution in [2.45, 2.75) is 19.0 Å². The van der Waals surface area contributed by atoms with Gasteiger partial charge in [0.25, 0.3) is 5.69 Å². The van der Waals surface area contributed by atoms with E-state index >= 15 is 0 Å². The molecule has 20 heavy (non-hydrogen) atoms. The zero-order valence-corrected chi connectivity index (χ0v) is 11.4. The lowest BCUT2D eigenvalue weighted by atomic mass is 10.3. The molecular formula is C13H19N3O4. The number of ether oxygens (including phenoxy) is 2. The van der Waals surface area contributed by atoms with Gasteiger partial charge in [-0.1, -0.05) is 0 Å². The van der Waals surface area contributed by atoms with E-state index < -0.39 is 4.92 Å². The van der Waals surface area contributed by atoms with Crippen LogP contribution in [0.4, 0.5) is 5.69 Å². The summed E-state index contributed by atoms with van der Waals surface area (Å²) in [4.78, 5) is 12.4. The monoisotopic (exact) mass is 281 g/mol. The minimum Gasteiger partial charge on any atom is -0.493 e. The summed E-state index contributed by atoms with van der Waals surface area (Å²) < 4.78 is 10.7. The van der Waals surface area contributed by atoms with Gasteiger partial charge in [-0.2, -0.15) is 0 Å². The molecule has 1 saturated heterocycles. The molecular weight excluding hydrogens is 262 g/mol. The molecule has 7 nitrogen and oxygen atoms in total. The molecule has 0 aromatic heterocycles. The molecule has 1 heterocycles. The number of nitrogens with zero attached hydrogens (tertiary/aromatic N) is 2. The maximum atomic E-state index is 10.7. The lowest BCUT2D eigenvalue weighted by Gasteiger charge is -2.20. The highest BCUT2D eigenvalue weighted by molar-refractivity contribution is 5.48. The lowest BCUT2D eigenvalue weighted by Crippen LogP contribution is -2.38. The van der Waals surface area contributed by atoms with Gasteiger partial charge < -0.3 is 15.2 Å². The van der Waals surface area contributed by atoms with Crippen molar-refractivity contribution < 1.29 is 14.4 Å². The fourth-order valence-corrected chi connectivity index (χ4v) is 2.29. The Morgan fingerprint density at radius 3 is 2.90 bits per heavy atom. The van der Waals surface area contributed by atoms with Crippen molar-refractivity contribution in [2.75, 3.05) is 26.8 Å². The van der Waals surface area contributed by atoms with E-state index in [-0.39, 0.29) is 11.9 Å². The number of nitro groups is 1. The Bertz CT molecular complexity index is 481. The third kappa shape index (κ3) is 3.37. The van der Waals surface area contributed by atoms with Gasteiger partial charge in [-0.05, 0) is 25.5 Å². The topological polar surface area (TPSA) is 90.9 Å². The normalized spacial score (nSPS) is 19.0. The van der Waals surface area contributed by atoms with Crippen molar-refractivity contribution in [3.05, 3.63) is 28.3 Å². The number of hydrogen-bond acceptors (Lipinski definition) is 6. The fourth-order valence-electron chi connectivity index (χ4n) is 2.29. The largest absolute Gasteiger partial charge is 0.493 e. The van der Waals surface area contributed by atoms with E-state index in [0.717, 1.165) is 25.9 Å². The van der Waals surface area contributed by atoms with Crippen LogP contribution in [0.15, 0.2) is 18.2 Å². The first-order valence-corrected chi connectivity index (χ1v) is 6.56. The molecule has 1 aliphatic rings. The molecule has 2 N–H and O–H groups in total. The van der Waals surface area contributed by atoms with E-state index in [1.807, 2.05) is 0 Å². The van der Waals surface area contributed by atoms with Crippen LogP contribution in [0.5, 0.6) is 11.5 Å². The summed E-state index contributed by atoms with van der Waals surface area (Å²) in [5.74, 6) is 0.871. The van der Waals surface area contributed by atoms with Gasteiger partial charge in [0.15, 0.2) is 11.5 Å². The summed E-state index contributed by atoms with van der Waals surface area (Å²) in [5, 5.41) is 10.7. The van der Waals surface area contributed by atoms with E-state index in [0.29, 0.717) is 18.1 Å². The van der Waals surface area contributed by atoms with Gasteiger partial charge in [0.05, 0.1) is 24.3 Å². The summed E-state index contributed by atoms with van der Waals surface area (Å²) in [6.07, 6.45) is 2.24. The summed E-state index contributed by atoms with van der Waals surface area (Å²) in [7, 11) is 1.46. The first kappa shape index (κ1) is 14.5. The predicted molar refractivity (Wildman–Crippen MR) is 73.9 cm³/mol. The summed E-state index contributed by atoms with van der Waals surface area (Å²) in [6.45, 7) is 2.20. The van der Waals surface area contributed by atoms with Crippen molar-refractivity contribution in [3.63, 3.8) is 0 Å². The van der Waals surface area contributed by atoms with Gasteiger partial charge in [0.1, 0.15) is 6.61 Å². The number of hydrogen-bond donors (Lipinski definition) is 1. The number of non-ortho nitro benzene ring substituents is 1. The van der Waals surface area contributed by atoms with E-state index in [4.69, 9.17) is 15.2 Å². The molecule has 1 unspecified atom stereocenters. The maximum absolute atomic E-state index is 10.7. The molecule has 1 aromatic carbocycles. The van der Waals surface area contributed by atoms with E-state index in [1.165, 1.54) is 19.2 Å². The molecule has 1 aromatic rings. The number of methoxy groups -OCH3 is 1. The lowest BCUT2D eigenvalue weighted by molar-refractivity contribution is -0.384. The maximum Gasteiger partial charge on any atom is 0.273 e. The zero-order chi connectivity index (χ0) is 14.5. The molecule has 0 bridgehead atoms. The molecule has 1 fully saturated rings. The highest BCUT2D eigenvalue weighted by Crippen LogP contribution is 2.31. The van der Waals surface area contributed by atoms with Crippen LogP contribution in [0.3, 0.4) is 0 Å². The molecule has 1 aliphatic heterocycles. The number of rotatable bonds is 6. The average Bonchev–Trinajstić information content (AvgIpc) is 2.84. The Hall–Kier alpha value is -1.86. The third-order valence-electron chi connectivity index (χ3n) is 3.41. The summed E-state index contributed by atoms with van der Waals surface area (Å²) in [6, 6.07) is 4.32. The van der Waals surface area contributed by atoms with Crippen LogP contribution < -0.4 is 15.2 Å². The average molecular weight is 281 g/mol. The van der Waals surface area contributed by atoms with Crippen LogP contribution >= 0.6 is 0 Å². The van der Waals surface area contributed by atoms with Crippen LogP contribution in [-0.4, -0.2) is 42.8 Å². The SMILES string of the molecule is COc1cc([N+](=O)[O-])ccc1OCCN1CCCC1N. The van der Waals surface area contributed by atoms with Crippen LogP contribution in [0.1, 0.15) is 12.8 Å². The molecule has 0 aliphatic carbocycles. The fraction of sp³-hybridized carbons (Fsp3) is 0.538. The smallest absolute Gasteiger partial charge is 0.273 e. The first-order valence-electron chi connectivity index (χ1n) is 6.56. The van der Waals surface area contributed by atoms with Gasteiger partial charge in [0.2, 0.25) is 0 Å². The van der Waals surface area contributed by atoms with Gasteiger partial charge in [-0.15, -0.1) is 0 Å². The quantitative estimate of drug-likeness (QED) is 0.625. The Balaban J connectivity index is 1.93. The van der Waals surface area contributed by atoms with Gasteiger partial charge in [0, 0.05) is 12.6 Å². The van der Waals surface area contributed by atoms with Crippen molar-refractivity contribution in [1.29, 1.82) is 0 Å². The number of nitrogens with two attached hydrogens (primary N) is 1. The van der Waals surface area contributed by atoms with E-state index in [9.17, 15) is 10.1 Å². The van der Waals surface area contributed by atoms with Crippen LogP contribution in [0.2, 0.25) is 0 Å². The Labute approximate surface area is 117 Å². The van der Waals surface area contributed by atoms with Crippen molar-refractivity contribution in [1.82, 2.24) is 4.90 Å². The van der Waals surface area contributed by atoms with Gasteiger partial charge >= 0.3 is 0 Å². The highest BCUT2D eigenvalue weighted by atomic mass is 16.6.